The van der Waals surface area contributed by atoms with Crippen molar-refractivity contribution in [2.45, 2.75) is 6.54 Å². The van der Waals surface area contributed by atoms with Crippen LogP contribution in [0, 0.1) is 0 Å². The summed E-state index contributed by atoms with van der Waals surface area (Å²) in [6.45, 7) is 0.405. The SMILES string of the molecule is O=C(NCc1ccncc1)c1nc(-c2nc(-c3cccnc3)no2)cs1. The normalized spacial score (nSPS) is 10.6. The van der Waals surface area contributed by atoms with Crippen molar-refractivity contribution in [3.8, 4) is 23.0 Å². The minimum absolute atomic E-state index is 0.258. The Morgan fingerprint density at radius 3 is 2.81 bits per heavy atom. The van der Waals surface area contributed by atoms with Crippen LogP contribution in [0.25, 0.3) is 23.0 Å². The van der Waals surface area contributed by atoms with Crippen LogP contribution in [0.4, 0.5) is 0 Å². The fourth-order valence-electron chi connectivity index (χ4n) is 2.17. The van der Waals surface area contributed by atoms with E-state index in [4.69, 9.17) is 4.52 Å². The van der Waals surface area contributed by atoms with Gasteiger partial charge in [-0.25, -0.2) is 4.98 Å². The number of rotatable bonds is 5. The first-order chi connectivity index (χ1) is 12.8. The van der Waals surface area contributed by atoms with Gasteiger partial charge >= 0.3 is 0 Å². The van der Waals surface area contributed by atoms with Gasteiger partial charge in [-0.3, -0.25) is 14.8 Å². The molecule has 0 bridgehead atoms. The molecular weight excluding hydrogens is 352 g/mol. The lowest BCUT2D eigenvalue weighted by Gasteiger charge is -2.02. The topological polar surface area (TPSA) is 107 Å². The van der Waals surface area contributed by atoms with Gasteiger partial charge in [0.1, 0.15) is 5.69 Å². The molecular formula is C17H12N6O2S. The Balaban J connectivity index is 1.46. The zero-order chi connectivity index (χ0) is 17.8. The Morgan fingerprint density at radius 2 is 2.00 bits per heavy atom. The van der Waals surface area contributed by atoms with Crippen LogP contribution in [0.5, 0.6) is 0 Å². The largest absolute Gasteiger partial charge is 0.346 e. The summed E-state index contributed by atoms with van der Waals surface area (Å²) in [5.41, 5.74) is 2.17. The molecule has 4 aromatic heterocycles. The second-order valence-electron chi connectivity index (χ2n) is 5.24. The minimum atomic E-state index is -0.259. The van der Waals surface area contributed by atoms with E-state index in [1.807, 2.05) is 18.2 Å². The van der Waals surface area contributed by atoms with Crippen LogP contribution < -0.4 is 5.32 Å². The second-order valence-corrected chi connectivity index (χ2v) is 6.10. The molecule has 0 saturated carbocycles. The number of nitrogens with one attached hydrogen (secondary N) is 1. The van der Waals surface area contributed by atoms with E-state index >= 15 is 0 Å². The summed E-state index contributed by atoms with van der Waals surface area (Å²) in [6, 6.07) is 7.30. The number of thiazole rings is 1. The number of carbonyl (C=O) groups excluding carboxylic acids is 1. The van der Waals surface area contributed by atoms with E-state index in [1.54, 1.807) is 36.2 Å². The predicted octanol–water partition coefficient (Wildman–Crippen LogP) is 2.58. The smallest absolute Gasteiger partial charge is 0.280 e. The van der Waals surface area contributed by atoms with Gasteiger partial charge in [0.15, 0.2) is 5.01 Å². The summed E-state index contributed by atoms with van der Waals surface area (Å²) >= 11 is 1.22. The highest BCUT2D eigenvalue weighted by atomic mass is 32.1. The summed E-state index contributed by atoms with van der Waals surface area (Å²) < 4.78 is 5.24. The molecule has 1 amide bonds. The van der Waals surface area contributed by atoms with E-state index in [0.717, 1.165) is 11.1 Å². The molecule has 0 aliphatic heterocycles. The lowest BCUT2D eigenvalue weighted by atomic mass is 10.3. The molecule has 0 saturated heterocycles. The van der Waals surface area contributed by atoms with Crippen LogP contribution in [0.1, 0.15) is 15.4 Å². The summed E-state index contributed by atoms with van der Waals surface area (Å²) in [6.07, 6.45) is 6.67. The van der Waals surface area contributed by atoms with Crippen molar-refractivity contribution < 1.29 is 9.32 Å². The molecule has 0 spiro atoms. The maximum absolute atomic E-state index is 12.2. The molecule has 128 valence electrons. The van der Waals surface area contributed by atoms with Crippen molar-refractivity contribution >= 4 is 17.2 Å². The highest BCUT2D eigenvalue weighted by Gasteiger charge is 2.17. The Morgan fingerprint density at radius 1 is 1.12 bits per heavy atom. The molecule has 9 heteroatoms. The van der Waals surface area contributed by atoms with Crippen molar-refractivity contribution in [3.63, 3.8) is 0 Å². The lowest BCUT2D eigenvalue weighted by Crippen LogP contribution is -2.22. The third-order valence-electron chi connectivity index (χ3n) is 3.47. The molecule has 0 radical (unpaired) electrons. The summed E-state index contributed by atoms with van der Waals surface area (Å²) in [4.78, 5) is 28.8. The average Bonchev–Trinajstić information content (AvgIpc) is 3.37. The molecule has 1 N–H and O–H groups in total. The Kier molecular flexibility index (Phi) is 4.44. The molecule has 0 aliphatic carbocycles. The Bertz CT molecular complexity index is 1020. The van der Waals surface area contributed by atoms with Gasteiger partial charge in [-0.15, -0.1) is 11.3 Å². The van der Waals surface area contributed by atoms with E-state index < -0.39 is 0 Å². The van der Waals surface area contributed by atoms with Crippen LogP contribution in [-0.4, -0.2) is 31.0 Å². The highest BCUT2D eigenvalue weighted by Crippen LogP contribution is 2.23. The van der Waals surface area contributed by atoms with Gasteiger partial charge in [-0.05, 0) is 29.8 Å². The predicted molar refractivity (Wildman–Crippen MR) is 94.0 cm³/mol. The van der Waals surface area contributed by atoms with Crippen LogP contribution >= 0.6 is 11.3 Å². The van der Waals surface area contributed by atoms with Gasteiger partial charge < -0.3 is 9.84 Å². The first-order valence-electron chi connectivity index (χ1n) is 7.67. The fourth-order valence-corrected chi connectivity index (χ4v) is 2.88. The van der Waals surface area contributed by atoms with Crippen LogP contribution in [0.15, 0.2) is 59.0 Å². The summed E-state index contributed by atoms with van der Waals surface area (Å²) in [5, 5.41) is 8.78. The average molecular weight is 364 g/mol. The standard InChI is InChI=1S/C17H12N6O2S/c24-15(20-8-11-3-6-18-7-4-11)17-21-13(10-26-17)16-22-14(23-25-16)12-2-1-5-19-9-12/h1-7,9-10H,8H2,(H,20,24). The molecule has 8 nitrogen and oxygen atoms in total. The molecule has 0 aliphatic rings. The molecule has 26 heavy (non-hydrogen) atoms. The van der Waals surface area contributed by atoms with Gasteiger partial charge in [0, 0.05) is 42.3 Å². The van der Waals surface area contributed by atoms with Gasteiger partial charge in [-0.1, -0.05) is 5.16 Å². The third-order valence-corrected chi connectivity index (χ3v) is 4.31. The number of carbonyl (C=O) groups is 1. The van der Waals surface area contributed by atoms with Gasteiger partial charge in [-0.2, -0.15) is 4.98 Å². The van der Waals surface area contributed by atoms with E-state index in [9.17, 15) is 4.79 Å². The number of hydrogen-bond donors (Lipinski definition) is 1. The first-order valence-corrected chi connectivity index (χ1v) is 8.54. The van der Waals surface area contributed by atoms with E-state index in [0.29, 0.717) is 23.1 Å². The quantitative estimate of drug-likeness (QED) is 0.580. The van der Waals surface area contributed by atoms with Crippen molar-refractivity contribution in [2.24, 2.45) is 0 Å². The van der Waals surface area contributed by atoms with E-state index in [-0.39, 0.29) is 11.8 Å². The molecule has 0 fully saturated rings. The summed E-state index contributed by atoms with van der Waals surface area (Å²) in [7, 11) is 0. The second kappa shape index (κ2) is 7.19. The summed E-state index contributed by atoms with van der Waals surface area (Å²) in [5.74, 6) is 0.420. The van der Waals surface area contributed by atoms with Gasteiger partial charge in [0.25, 0.3) is 11.8 Å². The number of hydrogen-bond acceptors (Lipinski definition) is 8. The number of nitrogens with zero attached hydrogens (tertiary/aromatic N) is 5. The molecule has 4 rings (SSSR count). The zero-order valence-corrected chi connectivity index (χ0v) is 14.2. The highest BCUT2D eigenvalue weighted by molar-refractivity contribution is 7.12. The minimum Gasteiger partial charge on any atom is -0.346 e. The fraction of sp³-hybridized carbons (Fsp3) is 0.0588. The Hall–Kier alpha value is -3.46. The number of aromatic nitrogens is 5. The van der Waals surface area contributed by atoms with Crippen molar-refractivity contribution in [1.82, 2.24) is 30.4 Å². The van der Waals surface area contributed by atoms with Crippen LogP contribution in [0.2, 0.25) is 0 Å². The molecule has 4 heterocycles. The van der Waals surface area contributed by atoms with Crippen molar-refractivity contribution in [2.75, 3.05) is 0 Å². The van der Waals surface area contributed by atoms with Gasteiger partial charge in [0.2, 0.25) is 5.82 Å². The number of pyridine rings is 2. The zero-order valence-electron chi connectivity index (χ0n) is 13.4. The molecule has 0 aromatic carbocycles. The van der Waals surface area contributed by atoms with Crippen molar-refractivity contribution in [1.29, 1.82) is 0 Å². The molecule has 0 atom stereocenters. The molecule has 4 aromatic rings. The van der Waals surface area contributed by atoms with Crippen LogP contribution in [-0.2, 0) is 6.54 Å². The van der Waals surface area contributed by atoms with Crippen LogP contribution in [0.3, 0.4) is 0 Å². The van der Waals surface area contributed by atoms with Crippen molar-refractivity contribution in [3.05, 3.63) is 65.0 Å². The monoisotopic (exact) mass is 364 g/mol. The third kappa shape index (κ3) is 3.47. The lowest BCUT2D eigenvalue weighted by molar-refractivity contribution is 0.0950. The molecule has 0 unspecified atom stereocenters. The van der Waals surface area contributed by atoms with E-state index in [1.165, 1.54) is 11.3 Å². The number of amides is 1. The Labute approximate surface area is 152 Å². The maximum Gasteiger partial charge on any atom is 0.280 e. The first kappa shape index (κ1) is 16.0. The maximum atomic E-state index is 12.2. The van der Waals surface area contributed by atoms with E-state index in [2.05, 4.69) is 30.4 Å². The van der Waals surface area contributed by atoms with Gasteiger partial charge in [0.05, 0.1) is 0 Å².